The molecule has 0 radical (unpaired) electrons. The molecule has 1 aliphatic heterocycles. The Morgan fingerprint density at radius 2 is 1.94 bits per heavy atom. The second kappa shape index (κ2) is 6.02. The fourth-order valence-corrected chi connectivity index (χ4v) is 2.12. The molecule has 17 heavy (non-hydrogen) atoms. The van der Waals surface area contributed by atoms with E-state index in [2.05, 4.69) is 11.0 Å². The zero-order valence-corrected chi connectivity index (χ0v) is 10.4. The van der Waals surface area contributed by atoms with Crippen molar-refractivity contribution in [1.82, 2.24) is 4.90 Å². The number of rotatable bonds is 3. The van der Waals surface area contributed by atoms with Crippen molar-refractivity contribution in [2.45, 2.75) is 12.5 Å². The fourth-order valence-electron chi connectivity index (χ4n) is 1.99. The Kier molecular flexibility index (Phi) is 4.38. The maximum atomic E-state index is 9.24. The van der Waals surface area contributed by atoms with Gasteiger partial charge in [0.2, 0.25) is 0 Å². The third-order valence-corrected chi connectivity index (χ3v) is 3.23. The first kappa shape index (κ1) is 12.4. The van der Waals surface area contributed by atoms with E-state index in [1.165, 1.54) is 0 Å². The van der Waals surface area contributed by atoms with Crippen LogP contribution in [0, 0.1) is 11.3 Å². The molecule has 0 bridgehead atoms. The van der Waals surface area contributed by atoms with Gasteiger partial charge in [-0.25, -0.2) is 0 Å². The summed E-state index contributed by atoms with van der Waals surface area (Å²) >= 11 is 5.84. The van der Waals surface area contributed by atoms with Crippen molar-refractivity contribution in [2.24, 2.45) is 0 Å². The third-order valence-electron chi connectivity index (χ3n) is 2.98. The largest absolute Gasteiger partial charge is 0.379 e. The second-order valence-electron chi connectivity index (χ2n) is 4.12. The molecule has 1 saturated heterocycles. The van der Waals surface area contributed by atoms with Gasteiger partial charge in [0.15, 0.2) is 0 Å². The lowest BCUT2D eigenvalue weighted by Crippen LogP contribution is -2.43. The van der Waals surface area contributed by atoms with Crippen molar-refractivity contribution in [2.75, 3.05) is 26.3 Å². The molecule has 0 saturated carbocycles. The first-order valence-corrected chi connectivity index (χ1v) is 6.13. The molecule has 4 heteroatoms. The highest BCUT2D eigenvalue weighted by Gasteiger charge is 2.20. The van der Waals surface area contributed by atoms with Crippen LogP contribution in [0.25, 0.3) is 0 Å². The minimum absolute atomic E-state index is 0.0694. The van der Waals surface area contributed by atoms with Crippen molar-refractivity contribution >= 4 is 11.6 Å². The summed E-state index contributed by atoms with van der Waals surface area (Å²) in [5, 5.41) is 9.97. The number of halogens is 1. The van der Waals surface area contributed by atoms with Gasteiger partial charge in [0.1, 0.15) is 6.04 Å². The van der Waals surface area contributed by atoms with Crippen molar-refractivity contribution in [3.8, 4) is 6.07 Å². The number of nitriles is 1. The van der Waals surface area contributed by atoms with Gasteiger partial charge < -0.3 is 4.74 Å². The lowest BCUT2D eigenvalue weighted by Gasteiger charge is -2.30. The molecule has 1 aliphatic rings. The zero-order chi connectivity index (χ0) is 12.1. The number of benzene rings is 1. The predicted octanol–water partition coefficient (Wildman–Crippen LogP) is 2.11. The molecule has 2 rings (SSSR count). The summed E-state index contributed by atoms with van der Waals surface area (Å²) in [5.41, 5.74) is 1.15. The van der Waals surface area contributed by atoms with E-state index in [9.17, 15) is 5.26 Å². The minimum Gasteiger partial charge on any atom is -0.379 e. The molecule has 1 aromatic carbocycles. The predicted molar refractivity (Wildman–Crippen MR) is 66.9 cm³/mol. The van der Waals surface area contributed by atoms with Crippen molar-refractivity contribution in [3.05, 3.63) is 34.9 Å². The average Bonchev–Trinajstić information content (AvgIpc) is 2.39. The fraction of sp³-hybridized carbons (Fsp3) is 0.462. The second-order valence-corrected chi connectivity index (χ2v) is 4.56. The van der Waals surface area contributed by atoms with Gasteiger partial charge in [-0.3, -0.25) is 4.90 Å². The molecule has 0 aromatic heterocycles. The lowest BCUT2D eigenvalue weighted by molar-refractivity contribution is 0.0270. The van der Waals surface area contributed by atoms with Gasteiger partial charge in [0.05, 0.1) is 19.3 Å². The van der Waals surface area contributed by atoms with Crippen molar-refractivity contribution in [1.29, 1.82) is 5.26 Å². The molecule has 1 heterocycles. The van der Waals surface area contributed by atoms with E-state index >= 15 is 0 Å². The number of morpholine rings is 1. The molecule has 1 unspecified atom stereocenters. The smallest absolute Gasteiger partial charge is 0.102 e. The summed E-state index contributed by atoms with van der Waals surface area (Å²) < 4.78 is 5.29. The summed E-state index contributed by atoms with van der Waals surface area (Å²) in [4.78, 5) is 2.18. The standard InChI is InChI=1S/C13H15ClN2O/c14-12-3-1-11(2-4-12)9-13(10-15)16-5-7-17-8-6-16/h1-4,13H,5-9H2. The monoisotopic (exact) mass is 250 g/mol. The van der Waals surface area contributed by atoms with Crippen LogP contribution in [-0.2, 0) is 11.2 Å². The van der Waals surface area contributed by atoms with Crippen LogP contribution >= 0.6 is 11.6 Å². The van der Waals surface area contributed by atoms with Crippen LogP contribution in [0.5, 0.6) is 0 Å². The molecule has 3 nitrogen and oxygen atoms in total. The highest BCUT2D eigenvalue weighted by atomic mass is 35.5. The van der Waals surface area contributed by atoms with Gasteiger partial charge in [0.25, 0.3) is 0 Å². The van der Waals surface area contributed by atoms with Crippen LogP contribution in [0.3, 0.4) is 0 Å². The highest BCUT2D eigenvalue weighted by molar-refractivity contribution is 6.30. The van der Waals surface area contributed by atoms with Crippen LogP contribution in [0.4, 0.5) is 0 Å². The maximum absolute atomic E-state index is 9.24. The summed E-state index contributed by atoms with van der Waals surface area (Å²) in [5.74, 6) is 0. The Balaban J connectivity index is 1.99. The van der Waals surface area contributed by atoms with Gasteiger partial charge in [-0.15, -0.1) is 0 Å². The maximum Gasteiger partial charge on any atom is 0.102 e. The van der Waals surface area contributed by atoms with E-state index in [4.69, 9.17) is 16.3 Å². The van der Waals surface area contributed by atoms with E-state index in [1.54, 1.807) is 0 Å². The summed E-state index contributed by atoms with van der Waals surface area (Å²) in [6.07, 6.45) is 0.744. The lowest BCUT2D eigenvalue weighted by atomic mass is 10.1. The molecule has 1 aromatic rings. The van der Waals surface area contributed by atoms with E-state index in [-0.39, 0.29) is 6.04 Å². The van der Waals surface area contributed by atoms with Crippen LogP contribution in [0.15, 0.2) is 24.3 Å². The molecular formula is C13H15ClN2O. The Hall–Kier alpha value is -1.08. The van der Waals surface area contributed by atoms with Crippen LogP contribution in [-0.4, -0.2) is 37.2 Å². The van der Waals surface area contributed by atoms with Gasteiger partial charge in [-0.1, -0.05) is 23.7 Å². The third kappa shape index (κ3) is 3.44. The molecule has 0 N–H and O–H groups in total. The summed E-state index contributed by atoms with van der Waals surface area (Å²) in [6.45, 7) is 3.12. The molecule has 1 fully saturated rings. The molecule has 1 atom stereocenters. The molecule has 0 spiro atoms. The van der Waals surface area contributed by atoms with Crippen LogP contribution in [0.1, 0.15) is 5.56 Å². The number of ether oxygens (including phenoxy) is 1. The van der Waals surface area contributed by atoms with E-state index in [0.29, 0.717) is 0 Å². The Bertz CT molecular complexity index is 393. The Labute approximate surface area is 107 Å². The molecule has 0 aliphatic carbocycles. The quantitative estimate of drug-likeness (QED) is 0.824. The van der Waals surface area contributed by atoms with Gasteiger partial charge in [-0.2, -0.15) is 5.26 Å². The number of hydrogen-bond acceptors (Lipinski definition) is 3. The van der Waals surface area contributed by atoms with E-state index in [1.807, 2.05) is 24.3 Å². The van der Waals surface area contributed by atoms with Gasteiger partial charge in [0, 0.05) is 24.5 Å². The molecular weight excluding hydrogens is 236 g/mol. The minimum atomic E-state index is -0.0694. The van der Waals surface area contributed by atoms with Crippen molar-refractivity contribution < 1.29 is 4.74 Å². The first-order valence-electron chi connectivity index (χ1n) is 5.75. The molecule has 0 amide bonds. The highest BCUT2D eigenvalue weighted by Crippen LogP contribution is 2.14. The van der Waals surface area contributed by atoms with E-state index in [0.717, 1.165) is 43.3 Å². The van der Waals surface area contributed by atoms with E-state index < -0.39 is 0 Å². The average molecular weight is 251 g/mol. The zero-order valence-electron chi connectivity index (χ0n) is 9.60. The summed E-state index contributed by atoms with van der Waals surface area (Å²) in [7, 11) is 0. The number of hydrogen-bond donors (Lipinski definition) is 0. The van der Waals surface area contributed by atoms with Crippen molar-refractivity contribution in [3.63, 3.8) is 0 Å². The number of nitrogens with zero attached hydrogens (tertiary/aromatic N) is 2. The van der Waals surface area contributed by atoms with Gasteiger partial charge >= 0.3 is 0 Å². The SMILES string of the molecule is N#CC(Cc1ccc(Cl)cc1)N1CCOCC1. The topological polar surface area (TPSA) is 36.3 Å². The Morgan fingerprint density at radius 3 is 2.53 bits per heavy atom. The first-order chi connectivity index (χ1) is 8.29. The Morgan fingerprint density at radius 1 is 1.29 bits per heavy atom. The summed E-state index contributed by atoms with van der Waals surface area (Å²) in [6, 6.07) is 9.99. The van der Waals surface area contributed by atoms with Gasteiger partial charge in [-0.05, 0) is 17.7 Å². The van der Waals surface area contributed by atoms with Crippen LogP contribution < -0.4 is 0 Å². The van der Waals surface area contributed by atoms with Crippen LogP contribution in [0.2, 0.25) is 5.02 Å². The molecule has 90 valence electrons. The normalized spacial score (nSPS) is 18.6.